The quantitative estimate of drug-likeness (QED) is 0.583. The highest BCUT2D eigenvalue weighted by Crippen LogP contribution is 2.39. The van der Waals surface area contributed by atoms with E-state index in [9.17, 15) is 0 Å². The monoisotopic (exact) mass is 270 g/mol. The SMILES string of the molecule is Cc1cc(C2CCCCC2)cc(C2CCCCC2)c1C. The third-order valence-electron chi connectivity index (χ3n) is 5.85. The van der Waals surface area contributed by atoms with Crippen molar-refractivity contribution >= 4 is 0 Å². The summed E-state index contributed by atoms with van der Waals surface area (Å²) in [5.41, 5.74) is 6.48. The van der Waals surface area contributed by atoms with E-state index in [1.165, 1.54) is 69.8 Å². The van der Waals surface area contributed by atoms with Crippen LogP contribution in [-0.4, -0.2) is 0 Å². The Morgan fingerprint density at radius 3 is 1.85 bits per heavy atom. The van der Waals surface area contributed by atoms with Gasteiger partial charge in [-0.2, -0.15) is 0 Å². The van der Waals surface area contributed by atoms with Crippen LogP contribution in [0, 0.1) is 13.8 Å². The summed E-state index contributed by atoms with van der Waals surface area (Å²) in [6.07, 6.45) is 14.4. The summed E-state index contributed by atoms with van der Waals surface area (Å²) < 4.78 is 0. The zero-order chi connectivity index (χ0) is 13.9. The molecule has 1 aromatic carbocycles. The zero-order valence-electron chi connectivity index (χ0n) is 13.4. The fourth-order valence-electron chi connectivity index (χ4n) is 4.42. The van der Waals surface area contributed by atoms with Gasteiger partial charge >= 0.3 is 0 Å². The summed E-state index contributed by atoms with van der Waals surface area (Å²) in [4.78, 5) is 0. The van der Waals surface area contributed by atoms with E-state index in [2.05, 4.69) is 26.0 Å². The molecule has 0 aliphatic heterocycles. The minimum Gasteiger partial charge on any atom is -0.0555 e. The first-order valence-electron chi connectivity index (χ1n) is 8.87. The lowest BCUT2D eigenvalue weighted by atomic mass is 9.77. The largest absolute Gasteiger partial charge is 0.0555 e. The molecule has 1 aromatic rings. The van der Waals surface area contributed by atoms with E-state index in [1.807, 2.05) is 0 Å². The summed E-state index contributed by atoms with van der Waals surface area (Å²) >= 11 is 0. The summed E-state index contributed by atoms with van der Waals surface area (Å²) in [7, 11) is 0. The Kier molecular flexibility index (Phi) is 4.48. The normalized spacial score (nSPS) is 22.1. The first-order valence-corrected chi connectivity index (χ1v) is 8.87. The van der Waals surface area contributed by atoms with Gasteiger partial charge in [-0.25, -0.2) is 0 Å². The number of aryl methyl sites for hydroxylation is 1. The lowest BCUT2D eigenvalue weighted by molar-refractivity contribution is 0.434. The molecule has 0 saturated heterocycles. The second-order valence-electron chi connectivity index (χ2n) is 7.22. The fraction of sp³-hybridized carbons (Fsp3) is 0.700. The molecule has 20 heavy (non-hydrogen) atoms. The summed E-state index contributed by atoms with van der Waals surface area (Å²) in [6, 6.07) is 5.10. The standard InChI is InChI=1S/C20H30/c1-15-13-19(17-9-5-3-6-10-17)14-20(16(15)2)18-11-7-4-8-12-18/h13-14,17-18H,3-12H2,1-2H3. The van der Waals surface area contributed by atoms with Crippen molar-refractivity contribution in [1.29, 1.82) is 0 Å². The Balaban J connectivity index is 1.89. The van der Waals surface area contributed by atoms with Gasteiger partial charge in [-0.1, -0.05) is 50.7 Å². The van der Waals surface area contributed by atoms with Gasteiger partial charge in [0, 0.05) is 0 Å². The van der Waals surface area contributed by atoms with E-state index >= 15 is 0 Å². The van der Waals surface area contributed by atoms with Crippen molar-refractivity contribution in [3.63, 3.8) is 0 Å². The number of hydrogen-bond acceptors (Lipinski definition) is 0. The molecule has 0 heterocycles. The van der Waals surface area contributed by atoms with Gasteiger partial charge in [0.25, 0.3) is 0 Å². The second kappa shape index (κ2) is 6.33. The molecular formula is C20H30. The van der Waals surface area contributed by atoms with Crippen molar-refractivity contribution in [2.24, 2.45) is 0 Å². The third-order valence-corrected chi connectivity index (χ3v) is 5.85. The van der Waals surface area contributed by atoms with Crippen molar-refractivity contribution in [2.45, 2.75) is 89.9 Å². The van der Waals surface area contributed by atoms with Crippen molar-refractivity contribution < 1.29 is 0 Å². The van der Waals surface area contributed by atoms with E-state index in [4.69, 9.17) is 0 Å². The predicted molar refractivity (Wildman–Crippen MR) is 87.6 cm³/mol. The molecule has 0 nitrogen and oxygen atoms in total. The van der Waals surface area contributed by atoms with Crippen LogP contribution in [0.25, 0.3) is 0 Å². The van der Waals surface area contributed by atoms with Crippen LogP contribution in [0.1, 0.15) is 98.3 Å². The molecule has 0 N–H and O–H groups in total. The van der Waals surface area contributed by atoms with Crippen molar-refractivity contribution in [3.05, 3.63) is 34.4 Å². The molecule has 0 amide bonds. The van der Waals surface area contributed by atoms with Gasteiger partial charge in [-0.3, -0.25) is 0 Å². The van der Waals surface area contributed by atoms with Crippen LogP contribution in [0.15, 0.2) is 12.1 Å². The number of rotatable bonds is 2. The molecule has 2 aliphatic carbocycles. The molecule has 0 heteroatoms. The molecule has 0 radical (unpaired) electrons. The molecule has 0 atom stereocenters. The van der Waals surface area contributed by atoms with Crippen molar-refractivity contribution in [2.75, 3.05) is 0 Å². The third kappa shape index (κ3) is 2.95. The van der Waals surface area contributed by atoms with E-state index in [0.717, 1.165) is 11.8 Å². The van der Waals surface area contributed by atoms with Crippen LogP contribution < -0.4 is 0 Å². The fourth-order valence-corrected chi connectivity index (χ4v) is 4.42. The van der Waals surface area contributed by atoms with Crippen LogP contribution in [-0.2, 0) is 0 Å². The summed E-state index contributed by atoms with van der Waals surface area (Å²) in [6.45, 7) is 4.68. The second-order valence-corrected chi connectivity index (χ2v) is 7.22. The highest BCUT2D eigenvalue weighted by atomic mass is 14.3. The van der Waals surface area contributed by atoms with E-state index in [0.29, 0.717) is 0 Å². The van der Waals surface area contributed by atoms with Crippen LogP contribution >= 0.6 is 0 Å². The van der Waals surface area contributed by atoms with Gasteiger partial charge < -0.3 is 0 Å². The molecule has 110 valence electrons. The van der Waals surface area contributed by atoms with Gasteiger partial charge in [0.2, 0.25) is 0 Å². The molecule has 0 bridgehead atoms. The summed E-state index contributed by atoms with van der Waals surface area (Å²) in [5.74, 6) is 1.70. The van der Waals surface area contributed by atoms with Crippen LogP contribution in [0.4, 0.5) is 0 Å². The van der Waals surface area contributed by atoms with Crippen LogP contribution in [0.3, 0.4) is 0 Å². The first kappa shape index (κ1) is 14.2. The maximum absolute atomic E-state index is 2.61. The molecular weight excluding hydrogens is 240 g/mol. The lowest BCUT2D eigenvalue weighted by Gasteiger charge is -2.28. The average molecular weight is 270 g/mol. The molecule has 0 aromatic heterocycles. The Morgan fingerprint density at radius 2 is 1.25 bits per heavy atom. The summed E-state index contributed by atoms with van der Waals surface area (Å²) in [5, 5.41) is 0. The van der Waals surface area contributed by atoms with Gasteiger partial charge in [0.05, 0.1) is 0 Å². The highest BCUT2D eigenvalue weighted by Gasteiger charge is 2.21. The van der Waals surface area contributed by atoms with Gasteiger partial charge in [-0.05, 0) is 73.6 Å². The minimum atomic E-state index is 0.852. The van der Waals surface area contributed by atoms with Gasteiger partial charge in [0.15, 0.2) is 0 Å². The Bertz CT molecular complexity index is 445. The predicted octanol–water partition coefficient (Wildman–Crippen LogP) is 6.40. The van der Waals surface area contributed by atoms with Crippen LogP contribution in [0.5, 0.6) is 0 Å². The highest BCUT2D eigenvalue weighted by molar-refractivity contribution is 5.41. The molecule has 3 rings (SSSR count). The van der Waals surface area contributed by atoms with E-state index in [-0.39, 0.29) is 0 Å². The molecule has 2 fully saturated rings. The van der Waals surface area contributed by atoms with Crippen molar-refractivity contribution in [1.82, 2.24) is 0 Å². The number of benzene rings is 1. The first-order chi connectivity index (χ1) is 9.75. The Morgan fingerprint density at radius 1 is 0.700 bits per heavy atom. The molecule has 2 aliphatic rings. The molecule has 0 spiro atoms. The smallest absolute Gasteiger partial charge is 0.0159 e. The lowest BCUT2D eigenvalue weighted by Crippen LogP contribution is -2.10. The average Bonchev–Trinajstić information content (AvgIpc) is 2.51. The van der Waals surface area contributed by atoms with E-state index < -0.39 is 0 Å². The van der Waals surface area contributed by atoms with Gasteiger partial charge in [0.1, 0.15) is 0 Å². The van der Waals surface area contributed by atoms with Crippen LogP contribution in [0.2, 0.25) is 0 Å². The van der Waals surface area contributed by atoms with Crippen molar-refractivity contribution in [3.8, 4) is 0 Å². The Hall–Kier alpha value is -0.780. The zero-order valence-corrected chi connectivity index (χ0v) is 13.4. The van der Waals surface area contributed by atoms with Gasteiger partial charge in [-0.15, -0.1) is 0 Å². The molecule has 0 unspecified atom stereocenters. The maximum Gasteiger partial charge on any atom is -0.0159 e. The number of hydrogen-bond donors (Lipinski definition) is 0. The Labute approximate surface area is 125 Å². The minimum absolute atomic E-state index is 0.852. The molecule has 2 saturated carbocycles. The maximum atomic E-state index is 2.61. The van der Waals surface area contributed by atoms with E-state index in [1.54, 1.807) is 16.7 Å². The topological polar surface area (TPSA) is 0 Å².